The van der Waals surface area contributed by atoms with Crippen molar-refractivity contribution in [3.05, 3.63) is 36.3 Å². The van der Waals surface area contributed by atoms with E-state index in [0.717, 1.165) is 11.3 Å². The monoisotopic (exact) mass is 184 g/mol. The standard InChI is InChI=1S/C10H8N4/c11-6-2-1-5-9-13-8-4-3-7-12-10(8)14-9/h1-4,7H,5H2,(H,12,13,14). The highest BCUT2D eigenvalue weighted by molar-refractivity contribution is 5.69. The topological polar surface area (TPSA) is 65.4 Å². The first kappa shape index (κ1) is 8.45. The van der Waals surface area contributed by atoms with Crippen LogP contribution in [0.4, 0.5) is 0 Å². The van der Waals surface area contributed by atoms with Gasteiger partial charge in [0, 0.05) is 18.7 Å². The first-order valence-corrected chi connectivity index (χ1v) is 4.24. The molecule has 14 heavy (non-hydrogen) atoms. The molecule has 2 aromatic rings. The van der Waals surface area contributed by atoms with Gasteiger partial charge in [-0.3, -0.25) is 0 Å². The molecular formula is C10H8N4. The van der Waals surface area contributed by atoms with E-state index < -0.39 is 0 Å². The molecule has 0 aliphatic heterocycles. The summed E-state index contributed by atoms with van der Waals surface area (Å²) in [5, 5.41) is 8.30. The van der Waals surface area contributed by atoms with E-state index in [2.05, 4.69) is 15.0 Å². The van der Waals surface area contributed by atoms with E-state index >= 15 is 0 Å². The summed E-state index contributed by atoms with van der Waals surface area (Å²) in [6.45, 7) is 0. The average molecular weight is 184 g/mol. The Bertz CT molecular complexity index is 471. The number of rotatable bonds is 2. The lowest BCUT2D eigenvalue weighted by molar-refractivity contribution is 1.07. The van der Waals surface area contributed by atoms with Gasteiger partial charge in [0.1, 0.15) is 5.82 Å². The third kappa shape index (κ3) is 1.62. The first-order valence-electron chi connectivity index (χ1n) is 4.24. The van der Waals surface area contributed by atoms with Crippen molar-refractivity contribution in [2.75, 3.05) is 0 Å². The smallest absolute Gasteiger partial charge is 0.177 e. The van der Waals surface area contributed by atoms with Gasteiger partial charge in [0.05, 0.1) is 11.6 Å². The molecule has 0 atom stereocenters. The van der Waals surface area contributed by atoms with Crippen molar-refractivity contribution in [1.82, 2.24) is 15.0 Å². The summed E-state index contributed by atoms with van der Waals surface area (Å²) < 4.78 is 0. The third-order valence-corrected chi connectivity index (χ3v) is 1.81. The normalized spacial score (nSPS) is 10.8. The van der Waals surface area contributed by atoms with Gasteiger partial charge in [-0.1, -0.05) is 6.08 Å². The van der Waals surface area contributed by atoms with Crippen LogP contribution in [0.3, 0.4) is 0 Å². The number of H-pyrrole nitrogens is 1. The van der Waals surface area contributed by atoms with E-state index in [1.165, 1.54) is 6.08 Å². The maximum absolute atomic E-state index is 8.30. The molecule has 2 heterocycles. The van der Waals surface area contributed by atoms with Gasteiger partial charge in [0.2, 0.25) is 0 Å². The molecule has 2 aromatic heterocycles. The van der Waals surface area contributed by atoms with Crippen LogP contribution in [0.1, 0.15) is 5.82 Å². The number of imidazole rings is 1. The number of allylic oxidation sites excluding steroid dienone is 2. The van der Waals surface area contributed by atoms with Crippen LogP contribution in [0.5, 0.6) is 0 Å². The van der Waals surface area contributed by atoms with E-state index in [1.54, 1.807) is 12.3 Å². The Morgan fingerprint density at radius 2 is 2.50 bits per heavy atom. The van der Waals surface area contributed by atoms with E-state index in [1.807, 2.05) is 18.2 Å². The number of nitrogens with zero attached hydrogens (tertiary/aromatic N) is 3. The highest BCUT2D eigenvalue weighted by Gasteiger charge is 1.99. The molecule has 0 saturated heterocycles. The highest BCUT2D eigenvalue weighted by Crippen LogP contribution is 2.07. The fourth-order valence-corrected chi connectivity index (χ4v) is 1.21. The Kier molecular flexibility index (Phi) is 2.24. The number of fused-ring (bicyclic) bond motifs is 1. The van der Waals surface area contributed by atoms with Crippen molar-refractivity contribution < 1.29 is 0 Å². The number of nitrogens with one attached hydrogen (secondary N) is 1. The minimum absolute atomic E-state index is 0.629. The predicted octanol–water partition coefficient (Wildman–Crippen LogP) is 1.58. The number of hydrogen-bond acceptors (Lipinski definition) is 3. The van der Waals surface area contributed by atoms with Crippen molar-refractivity contribution in [3.8, 4) is 6.07 Å². The molecule has 0 aliphatic rings. The maximum atomic E-state index is 8.30. The summed E-state index contributed by atoms with van der Waals surface area (Å²) >= 11 is 0. The van der Waals surface area contributed by atoms with Crippen LogP contribution < -0.4 is 0 Å². The van der Waals surface area contributed by atoms with Gasteiger partial charge in [0.15, 0.2) is 5.65 Å². The molecule has 0 fully saturated rings. The zero-order chi connectivity index (χ0) is 9.80. The lowest BCUT2D eigenvalue weighted by Crippen LogP contribution is -1.82. The Balaban J connectivity index is 2.28. The number of hydrogen-bond donors (Lipinski definition) is 1. The highest BCUT2D eigenvalue weighted by atomic mass is 15.0. The number of pyridine rings is 1. The second-order valence-electron chi connectivity index (χ2n) is 2.79. The summed E-state index contributed by atoms with van der Waals surface area (Å²) in [7, 11) is 0. The molecule has 2 rings (SSSR count). The van der Waals surface area contributed by atoms with Crippen LogP contribution in [-0.2, 0) is 6.42 Å². The van der Waals surface area contributed by atoms with Gasteiger partial charge in [-0.15, -0.1) is 0 Å². The lowest BCUT2D eigenvalue weighted by atomic mass is 10.4. The maximum Gasteiger partial charge on any atom is 0.177 e. The van der Waals surface area contributed by atoms with Gasteiger partial charge in [-0.25, -0.2) is 9.97 Å². The van der Waals surface area contributed by atoms with Crippen molar-refractivity contribution in [2.24, 2.45) is 0 Å². The molecule has 1 N–H and O–H groups in total. The van der Waals surface area contributed by atoms with Crippen molar-refractivity contribution in [1.29, 1.82) is 5.26 Å². The second-order valence-corrected chi connectivity index (χ2v) is 2.79. The van der Waals surface area contributed by atoms with E-state index in [0.29, 0.717) is 12.1 Å². The van der Waals surface area contributed by atoms with E-state index in [4.69, 9.17) is 5.26 Å². The molecule has 0 amide bonds. The molecule has 4 heteroatoms. The van der Waals surface area contributed by atoms with Crippen molar-refractivity contribution in [2.45, 2.75) is 6.42 Å². The summed E-state index contributed by atoms with van der Waals surface area (Å²) in [6.07, 6.45) is 5.54. The zero-order valence-corrected chi connectivity index (χ0v) is 7.44. The fraction of sp³-hybridized carbons (Fsp3) is 0.100. The first-order chi connectivity index (χ1) is 6.90. The van der Waals surface area contributed by atoms with Gasteiger partial charge < -0.3 is 4.98 Å². The van der Waals surface area contributed by atoms with Crippen LogP contribution >= 0.6 is 0 Å². The molecule has 0 radical (unpaired) electrons. The van der Waals surface area contributed by atoms with Crippen LogP contribution in [0, 0.1) is 11.3 Å². The van der Waals surface area contributed by atoms with Crippen LogP contribution in [0.25, 0.3) is 11.2 Å². The van der Waals surface area contributed by atoms with Gasteiger partial charge in [-0.05, 0) is 12.1 Å². The SMILES string of the molecule is N#CC=CCc1nc2ncccc2[nH]1. The van der Waals surface area contributed by atoms with Gasteiger partial charge in [0.25, 0.3) is 0 Å². The summed E-state index contributed by atoms with van der Waals surface area (Å²) in [6, 6.07) is 5.71. The molecule has 0 spiro atoms. The largest absolute Gasteiger partial charge is 0.340 e. The molecule has 68 valence electrons. The molecule has 4 nitrogen and oxygen atoms in total. The number of aromatic nitrogens is 3. The lowest BCUT2D eigenvalue weighted by Gasteiger charge is -1.83. The molecule has 0 bridgehead atoms. The average Bonchev–Trinajstić information content (AvgIpc) is 2.60. The Morgan fingerprint density at radius 1 is 1.57 bits per heavy atom. The van der Waals surface area contributed by atoms with E-state index in [-0.39, 0.29) is 0 Å². The van der Waals surface area contributed by atoms with E-state index in [9.17, 15) is 0 Å². The van der Waals surface area contributed by atoms with Crippen LogP contribution in [0.2, 0.25) is 0 Å². The number of nitriles is 1. The Hall–Kier alpha value is -2.15. The summed E-state index contributed by atoms with van der Waals surface area (Å²) in [5.41, 5.74) is 1.64. The molecule has 0 aromatic carbocycles. The third-order valence-electron chi connectivity index (χ3n) is 1.81. The van der Waals surface area contributed by atoms with Gasteiger partial charge in [-0.2, -0.15) is 5.26 Å². The van der Waals surface area contributed by atoms with Crippen LogP contribution in [0.15, 0.2) is 30.5 Å². The fourth-order valence-electron chi connectivity index (χ4n) is 1.21. The Morgan fingerprint density at radius 3 is 3.29 bits per heavy atom. The Labute approximate surface area is 80.9 Å². The van der Waals surface area contributed by atoms with Gasteiger partial charge >= 0.3 is 0 Å². The summed E-state index contributed by atoms with van der Waals surface area (Å²) in [4.78, 5) is 11.5. The second kappa shape index (κ2) is 3.71. The molecule has 0 unspecified atom stereocenters. The number of aromatic amines is 1. The molecular weight excluding hydrogens is 176 g/mol. The molecule has 0 aliphatic carbocycles. The molecule has 0 saturated carbocycles. The quantitative estimate of drug-likeness (QED) is 0.720. The zero-order valence-electron chi connectivity index (χ0n) is 7.44. The predicted molar refractivity (Wildman–Crippen MR) is 52.3 cm³/mol. The summed E-state index contributed by atoms with van der Waals surface area (Å²) in [5.74, 6) is 0.824. The van der Waals surface area contributed by atoms with Crippen molar-refractivity contribution in [3.63, 3.8) is 0 Å². The minimum Gasteiger partial charge on any atom is -0.340 e. The van der Waals surface area contributed by atoms with Crippen molar-refractivity contribution >= 4 is 11.2 Å². The minimum atomic E-state index is 0.629. The van der Waals surface area contributed by atoms with Crippen LogP contribution in [-0.4, -0.2) is 15.0 Å².